The van der Waals surface area contributed by atoms with E-state index in [1.807, 2.05) is 26.2 Å². The topological polar surface area (TPSA) is 69.0 Å². The molecule has 1 N–H and O–H groups in total. The molecule has 2 atom stereocenters. The number of rotatable bonds is 5. The monoisotopic (exact) mass is 314 g/mol. The number of carbonyl (C=O) groups is 1. The lowest BCUT2D eigenvalue weighted by molar-refractivity contribution is -0.121. The number of nitrogens with one attached hydrogen (secondary N) is 1. The quantitative estimate of drug-likeness (QED) is 0.913. The van der Waals surface area contributed by atoms with Gasteiger partial charge in [-0.05, 0) is 43.4 Å². The minimum absolute atomic E-state index is 0.0155. The van der Waals surface area contributed by atoms with E-state index in [-0.39, 0.29) is 18.1 Å². The second-order valence-electron chi connectivity index (χ2n) is 6.09. The number of hydrogen-bond donors (Lipinski definition) is 1. The first kappa shape index (κ1) is 15.5. The van der Waals surface area contributed by atoms with E-state index in [1.54, 1.807) is 23.3 Å². The maximum absolute atomic E-state index is 12.3. The van der Waals surface area contributed by atoms with E-state index in [0.717, 1.165) is 36.1 Å². The van der Waals surface area contributed by atoms with Crippen molar-refractivity contribution in [2.24, 2.45) is 7.05 Å². The molecule has 1 fully saturated rings. The average molecular weight is 314 g/mol. The van der Waals surface area contributed by atoms with Gasteiger partial charge in [0.2, 0.25) is 5.91 Å². The third kappa shape index (κ3) is 3.88. The van der Waals surface area contributed by atoms with E-state index in [4.69, 9.17) is 4.74 Å². The molecule has 2 aromatic rings. The van der Waals surface area contributed by atoms with Gasteiger partial charge in [0, 0.05) is 19.4 Å². The SMILES string of the molecule is Cc1cnccc1CC(=O)N[C@H]1CCC[C@H]1Oc1cnn(C)c1. The highest BCUT2D eigenvalue weighted by Gasteiger charge is 2.30. The van der Waals surface area contributed by atoms with Crippen molar-refractivity contribution in [3.63, 3.8) is 0 Å². The first-order chi connectivity index (χ1) is 11.1. The lowest BCUT2D eigenvalue weighted by Gasteiger charge is -2.21. The summed E-state index contributed by atoms with van der Waals surface area (Å²) in [4.78, 5) is 16.4. The molecular weight excluding hydrogens is 292 g/mol. The van der Waals surface area contributed by atoms with Crippen molar-refractivity contribution in [2.75, 3.05) is 0 Å². The molecule has 0 aliphatic heterocycles. The second-order valence-corrected chi connectivity index (χ2v) is 6.09. The van der Waals surface area contributed by atoms with Crippen LogP contribution in [0.1, 0.15) is 30.4 Å². The minimum Gasteiger partial charge on any atom is -0.485 e. The second kappa shape index (κ2) is 6.81. The molecule has 2 heterocycles. The van der Waals surface area contributed by atoms with Gasteiger partial charge in [-0.25, -0.2) is 0 Å². The van der Waals surface area contributed by atoms with Crippen LogP contribution in [0.4, 0.5) is 0 Å². The van der Waals surface area contributed by atoms with Gasteiger partial charge in [0.25, 0.3) is 0 Å². The first-order valence-corrected chi connectivity index (χ1v) is 7.96. The van der Waals surface area contributed by atoms with Crippen molar-refractivity contribution in [1.82, 2.24) is 20.1 Å². The fourth-order valence-corrected chi connectivity index (χ4v) is 3.00. The molecule has 1 amide bonds. The predicted octanol–water partition coefficient (Wildman–Crippen LogP) is 1.78. The Morgan fingerprint density at radius 1 is 1.43 bits per heavy atom. The number of nitrogens with zero attached hydrogens (tertiary/aromatic N) is 3. The zero-order valence-corrected chi connectivity index (χ0v) is 13.5. The van der Waals surface area contributed by atoms with Crippen molar-refractivity contribution in [2.45, 2.75) is 44.8 Å². The van der Waals surface area contributed by atoms with Crippen molar-refractivity contribution >= 4 is 5.91 Å². The van der Waals surface area contributed by atoms with Crippen LogP contribution in [0.5, 0.6) is 5.75 Å². The maximum Gasteiger partial charge on any atom is 0.224 e. The van der Waals surface area contributed by atoms with Crippen molar-refractivity contribution < 1.29 is 9.53 Å². The molecule has 1 aliphatic carbocycles. The molecule has 122 valence electrons. The Balaban J connectivity index is 1.57. The number of pyridine rings is 1. The van der Waals surface area contributed by atoms with Crippen LogP contribution in [-0.4, -0.2) is 32.8 Å². The van der Waals surface area contributed by atoms with Crippen LogP contribution in [0.25, 0.3) is 0 Å². The van der Waals surface area contributed by atoms with Crippen LogP contribution in [0.15, 0.2) is 30.9 Å². The van der Waals surface area contributed by atoms with E-state index in [9.17, 15) is 4.79 Å². The summed E-state index contributed by atoms with van der Waals surface area (Å²) in [5.74, 6) is 0.787. The molecule has 6 nitrogen and oxygen atoms in total. The van der Waals surface area contributed by atoms with Gasteiger partial charge in [0.1, 0.15) is 6.10 Å². The fourth-order valence-electron chi connectivity index (χ4n) is 3.00. The number of amides is 1. The van der Waals surface area contributed by atoms with Gasteiger partial charge in [-0.2, -0.15) is 5.10 Å². The van der Waals surface area contributed by atoms with E-state index in [1.165, 1.54) is 0 Å². The zero-order valence-electron chi connectivity index (χ0n) is 13.5. The van der Waals surface area contributed by atoms with Crippen LogP contribution in [0.2, 0.25) is 0 Å². The molecule has 0 bridgehead atoms. The van der Waals surface area contributed by atoms with E-state index in [2.05, 4.69) is 15.4 Å². The van der Waals surface area contributed by atoms with Gasteiger partial charge in [-0.15, -0.1) is 0 Å². The average Bonchev–Trinajstić information content (AvgIpc) is 3.11. The zero-order chi connectivity index (χ0) is 16.2. The molecule has 1 aliphatic rings. The summed E-state index contributed by atoms with van der Waals surface area (Å²) in [5.41, 5.74) is 2.05. The molecule has 0 saturated heterocycles. The number of aromatic nitrogens is 3. The van der Waals surface area contributed by atoms with E-state index >= 15 is 0 Å². The molecular formula is C17H22N4O2. The van der Waals surface area contributed by atoms with Gasteiger partial charge in [0.05, 0.1) is 24.9 Å². The highest BCUT2D eigenvalue weighted by Crippen LogP contribution is 2.24. The molecule has 0 spiro atoms. The van der Waals surface area contributed by atoms with Gasteiger partial charge in [-0.3, -0.25) is 14.5 Å². The largest absolute Gasteiger partial charge is 0.485 e. The number of hydrogen-bond acceptors (Lipinski definition) is 4. The lowest BCUT2D eigenvalue weighted by atomic mass is 10.1. The van der Waals surface area contributed by atoms with Gasteiger partial charge in [0.15, 0.2) is 5.75 Å². The number of ether oxygens (including phenoxy) is 1. The summed E-state index contributed by atoms with van der Waals surface area (Å²) >= 11 is 0. The first-order valence-electron chi connectivity index (χ1n) is 7.96. The molecule has 1 saturated carbocycles. The Morgan fingerprint density at radius 3 is 3.04 bits per heavy atom. The van der Waals surface area contributed by atoms with Crippen LogP contribution >= 0.6 is 0 Å². The summed E-state index contributed by atoms with van der Waals surface area (Å²) in [6.45, 7) is 1.97. The van der Waals surface area contributed by atoms with Crippen LogP contribution in [0, 0.1) is 6.92 Å². The minimum atomic E-state index is 0.0155. The summed E-state index contributed by atoms with van der Waals surface area (Å²) in [6.07, 6.45) is 10.4. The molecule has 2 aromatic heterocycles. The summed E-state index contributed by atoms with van der Waals surface area (Å²) in [6, 6.07) is 1.96. The Morgan fingerprint density at radius 2 is 2.30 bits per heavy atom. The summed E-state index contributed by atoms with van der Waals surface area (Å²) < 4.78 is 7.69. The Labute approximate surface area is 135 Å². The van der Waals surface area contributed by atoms with Crippen molar-refractivity contribution in [3.8, 4) is 5.75 Å². The lowest BCUT2D eigenvalue weighted by Crippen LogP contribution is -2.43. The smallest absolute Gasteiger partial charge is 0.224 e. The molecule has 0 radical (unpaired) electrons. The van der Waals surface area contributed by atoms with E-state index in [0.29, 0.717) is 6.42 Å². The third-order valence-corrected chi connectivity index (χ3v) is 4.26. The van der Waals surface area contributed by atoms with Crippen molar-refractivity contribution in [3.05, 3.63) is 42.0 Å². The molecule has 6 heteroatoms. The Kier molecular flexibility index (Phi) is 4.60. The molecule has 0 aromatic carbocycles. The van der Waals surface area contributed by atoms with Crippen molar-refractivity contribution in [1.29, 1.82) is 0 Å². The third-order valence-electron chi connectivity index (χ3n) is 4.26. The molecule has 23 heavy (non-hydrogen) atoms. The summed E-state index contributed by atoms with van der Waals surface area (Å²) in [7, 11) is 1.86. The Hall–Kier alpha value is -2.37. The van der Waals surface area contributed by atoms with Gasteiger partial charge < -0.3 is 10.1 Å². The van der Waals surface area contributed by atoms with Gasteiger partial charge in [-0.1, -0.05) is 0 Å². The standard InChI is InChI=1S/C17H22N4O2/c1-12-9-18-7-6-13(12)8-17(22)20-15-4-3-5-16(15)23-14-10-19-21(2)11-14/h6-7,9-11,15-16H,3-5,8H2,1-2H3,(H,20,22)/t15-,16+/m0/s1. The Bertz CT molecular complexity index is 683. The highest BCUT2D eigenvalue weighted by molar-refractivity contribution is 5.79. The van der Waals surface area contributed by atoms with E-state index < -0.39 is 0 Å². The van der Waals surface area contributed by atoms with Crippen LogP contribution in [0.3, 0.4) is 0 Å². The number of carbonyl (C=O) groups excluding carboxylic acids is 1. The maximum atomic E-state index is 12.3. The van der Waals surface area contributed by atoms with Gasteiger partial charge >= 0.3 is 0 Å². The molecule has 0 unspecified atom stereocenters. The predicted molar refractivity (Wildman–Crippen MR) is 86.1 cm³/mol. The summed E-state index contributed by atoms with van der Waals surface area (Å²) in [5, 5.41) is 7.23. The highest BCUT2D eigenvalue weighted by atomic mass is 16.5. The van der Waals surface area contributed by atoms with Crippen LogP contribution < -0.4 is 10.1 Å². The number of aryl methyl sites for hydroxylation is 2. The fraction of sp³-hybridized carbons (Fsp3) is 0.471. The molecule has 3 rings (SSSR count). The normalized spacial score (nSPS) is 20.4. The van der Waals surface area contributed by atoms with Crippen LogP contribution in [-0.2, 0) is 18.3 Å².